The van der Waals surface area contributed by atoms with Crippen molar-refractivity contribution in [1.82, 2.24) is 9.80 Å². The van der Waals surface area contributed by atoms with Crippen LogP contribution in [0.2, 0.25) is 0 Å². The second-order valence-electron chi connectivity index (χ2n) is 13.5. The van der Waals surface area contributed by atoms with Gasteiger partial charge >= 0.3 is 11.7 Å². The fraction of sp³-hybridized carbons (Fsp3) is 0.742. The molecular formula is C31H45N3O4. The molecule has 0 spiro atoms. The van der Waals surface area contributed by atoms with Crippen molar-refractivity contribution < 1.29 is 14.3 Å². The molecule has 208 valence electrons. The third-order valence-corrected chi connectivity index (χ3v) is 11.8. The maximum Gasteiger partial charge on any atom is 0.407 e. The van der Waals surface area contributed by atoms with Crippen LogP contribution in [0.4, 0.5) is 4.79 Å². The Morgan fingerprint density at radius 2 is 2.03 bits per heavy atom. The minimum absolute atomic E-state index is 0.134. The number of fused-ring (bicyclic) bond motifs is 5. The minimum Gasteiger partial charge on any atom is -0.465 e. The summed E-state index contributed by atoms with van der Waals surface area (Å²) in [5, 5.41) is 10.1. The number of likely N-dealkylation sites (tertiary alicyclic amines) is 1. The number of hydrogen-bond donors (Lipinski definition) is 2. The Bertz CT molecular complexity index is 1130. The largest absolute Gasteiger partial charge is 0.465 e. The molecule has 7 nitrogen and oxygen atoms in total. The maximum absolute atomic E-state index is 12.3. The normalized spacial score (nSPS) is 40.7. The van der Waals surface area contributed by atoms with Gasteiger partial charge in [0, 0.05) is 37.8 Å². The molecule has 8 atom stereocenters. The third-order valence-electron chi connectivity index (χ3n) is 11.8. The Balaban J connectivity index is 1.14. The van der Waals surface area contributed by atoms with Gasteiger partial charge in [-0.2, -0.15) is 0 Å². The first-order chi connectivity index (χ1) is 18.2. The van der Waals surface area contributed by atoms with Gasteiger partial charge in [-0.05, 0) is 110 Å². The molecule has 1 aromatic rings. The van der Waals surface area contributed by atoms with E-state index in [1.165, 1.54) is 25.7 Å². The topological polar surface area (TPSA) is 100 Å². The molecule has 38 heavy (non-hydrogen) atoms. The lowest BCUT2D eigenvalue weighted by Gasteiger charge is -2.60. The Kier molecular flexibility index (Phi) is 6.74. The van der Waals surface area contributed by atoms with Crippen molar-refractivity contribution in [2.24, 2.45) is 34.3 Å². The van der Waals surface area contributed by atoms with Crippen LogP contribution in [-0.4, -0.2) is 59.3 Å². The summed E-state index contributed by atoms with van der Waals surface area (Å²) >= 11 is 0. The zero-order valence-corrected chi connectivity index (χ0v) is 23.1. The molecule has 6 rings (SSSR count). The Morgan fingerprint density at radius 1 is 1.18 bits per heavy atom. The summed E-state index contributed by atoms with van der Waals surface area (Å²) in [5.41, 5.74) is 9.02. The first-order valence-electron chi connectivity index (χ1n) is 15.0. The van der Waals surface area contributed by atoms with Gasteiger partial charge in [0.2, 0.25) is 0 Å². The van der Waals surface area contributed by atoms with Gasteiger partial charge in [0.25, 0.3) is 0 Å². The zero-order valence-electron chi connectivity index (χ0n) is 23.1. The summed E-state index contributed by atoms with van der Waals surface area (Å²) in [4.78, 5) is 27.9. The van der Waals surface area contributed by atoms with E-state index in [4.69, 9.17) is 10.2 Å². The van der Waals surface area contributed by atoms with Gasteiger partial charge in [0.05, 0.1) is 6.26 Å². The van der Waals surface area contributed by atoms with Crippen LogP contribution < -0.4 is 11.4 Å². The Labute approximate surface area is 226 Å². The predicted octanol–water partition coefficient (Wildman–Crippen LogP) is 5.07. The minimum atomic E-state index is -0.761. The number of nitrogens with zero attached hydrogens (tertiary/aromatic N) is 2. The molecule has 7 heteroatoms. The smallest absolute Gasteiger partial charge is 0.407 e. The van der Waals surface area contributed by atoms with Gasteiger partial charge < -0.3 is 20.2 Å². The van der Waals surface area contributed by atoms with E-state index >= 15 is 0 Å². The lowest BCUT2D eigenvalue weighted by molar-refractivity contribution is -0.0707. The van der Waals surface area contributed by atoms with E-state index in [2.05, 4.69) is 24.8 Å². The van der Waals surface area contributed by atoms with Crippen LogP contribution in [0.15, 0.2) is 39.3 Å². The molecule has 0 radical (unpaired) electrons. The van der Waals surface area contributed by atoms with Crippen LogP contribution in [-0.2, 0) is 0 Å². The molecule has 4 fully saturated rings. The number of nitrogens with two attached hydrogens (primary N) is 1. The molecule has 1 aromatic heterocycles. The SMILES string of the molecule is C[C@]12CCC(N(CCN3CC[C@H](N)C3)C(=O)O)C[C@H]1CC[C@H]1C3=CC[C@H](c4ccc(=O)oc4)[C@@]3(C)CC[C@@H]12. The standard InChI is InChI=1S/C31H45N3O4/c1-30-12-9-23(34(29(36)37)16-15-33-14-11-22(32)18-33)17-21(30)4-5-24-26-7-6-25(20-3-8-28(35)38-19-20)31(26,2)13-10-27(24)30/h3,7-8,19,21-25,27H,4-6,9-18,32H2,1-2H3,(H,36,37)/t21-,22+,23?,24+,25-,27+,30+,31-/m1/s1. The van der Waals surface area contributed by atoms with Crippen LogP contribution in [0.25, 0.3) is 0 Å². The summed E-state index contributed by atoms with van der Waals surface area (Å²) in [6, 6.07) is 3.90. The fourth-order valence-electron chi connectivity index (χ4n) is 9.67. The zero-order chi connectivity index (χ0) is 26.7. The van der Waals surface area contributed by atoms with Crippen molar-refractivity contribution in [3.63, 3.8) is 0 Å². The molecule has 1 aliphatic heterocycles. The van der Waals surface area contributed by atoms with E-state index in [0.29, 0.717) is 30.2 Å². The highest BCUT2D eigenvalue weighted by molar-refractivity contribution is 5.65. The van der Waals surface area contributed by atoms with Crippen molar-refractivity contribution >= 4 is 6.09 Å². The van der Waals surface area contributed by atoms with E-state index in [0.717, 1.165) is 57.3 Å². The molecule has 1 unspecified atom stereocenters. The molecule has 3 saturated carbocycles. The van der Waals surface area contributed by atoms with E-state index in [1.54, 1.807) is 22.8 Å². The summed E-state index contributed by atoms with van der Waals surface area (Å²) in [6.07, 6.45) is 13.4. The van der Waals surface area contributed by atoms with E-state index in [1.807, 2.05) is 6.07 Å². The molecule has 0 aromatic carbocycles. The quantitative estimate of drug-likeness (QED) is 0.523. The Hall–Kier alpha value is -2.12. The van der Waals surface area contributed by atoms with Gasteiger partial charge in [-0.15, -0.1) is 0 Å². The number of allylic oxidation sites excluding steroid dienone is 2. The fourth-order valence-corrected chi connectivity index (χ4v) is 9.67. The van der Waals surface area contributed by atoms with E-state index in [9.17, 15) is 14.7 Å². The summed E-state index contributed by atoms with van der Waals surface area (Å²) in [7, 11) is 0. The average Bonchev–Trinajstić information content (AvgIpc) is 3.47. The van der Waals surface area contributed by atoms with Gasteiger partial charge in [0.1, 0.15) is 0 Å². The molecule has 1 saturated heterocycles. The van der Waals surface area contributed by atoms with E-state index in [-0.39, 0.29) is 28.5 Å². The Morgan fingerprint density at radius 3 is 2.74 bits per heavy atom. The number of carbonyl (C=O) groups is 1. The van der Waals surface area contributed by atoms with Crippen LogP contribution in [0.5, 0.6) is 0 Å². The van der Waals surface area contributed by atoms with Crippen molar-refractivity contribution in [3.8, 4) is 0 Å². The first-order valence-corrected chi connectivity index (χ1v) is 15.0. The van der Waals surface area contributed by atoms with Crippen LogP contribution in [0.1, 0.15) is 83.1 Å². The number of rotatable bonds is 5. The monoisotopic (exact) mass is 523 g/mol. The first kappa shape index (κ1) is 26.1. The second kappa shape index (κ2) is 9.81. The summed E-state index contributed by atoms with van der Waals surface area (Å²) in [6.45, 7) is 8.23. The highest BCUT2D eigenvalue weighted by Gasteiger charge is 2.58. The van der Waals surface area contributed by atoms with Gasteiger partial charge in [-0.3, -0.25) is 4.90 Å². The highest BCUT2D eigenvalue weighted by atomic mass is 16.4. The molecule has 0 bridgehead atoms. The lowest BCUT2D eigenvalue weighted by Crippen LogP contribution is -2.55. The molecular weight excluding hydrogens is 478 g/mol. The van der Waals surface area contributed by atoms with Crippen LogP contribution in [0.3, 0.4) is 0 Å². The van der Waals surface area contributed by atoms with Crippen molar-refractivity contribution in [2.45, 2.75) is 89.6 Å². The van der Waals surface area contributed by atoms with Gasteiger partial charge in [-0.25, -0.2) is 9.59 Å². The second-order valence-corrected chi connectivity index (χ2v) is 13.5. The van der Waals surface area contributed by atoms with Gasteiger partial charge in [-0.1, -0.05) is 25.5 Å². The third kappa shape index (κ3) is 4.34. The van der Waals surface area contributed by atoms with Crippen molar-refractivity contribution in [1.29, 1.82) is 0 Å². The summed E-state index contributed by atoms with van der Waals surface area (Å²) < 4.78 is 5.25. The molecule has 4 aliphatic carbocycles. The molecule has 3 N–H and O–H groups in total. The molecule has 1 amide bonds. The average molecular weight is 524 g/mol. The van der Waals surface area contributed by atoms with Crippen LogP contribution >= 0.6 is 0 Å². The van der Waals surface area contributed by atoms with Crippen molar-refractivity contribution in [2.75, 3.05) is 26.2 Å². The number of carboxylic acid groups (broad SMARTS) is 1. The van der Waals surface area contributed by atoms with Crippen LogP contribution in [0, 0.1) is 28.6 Å². The maximum atomic E-state index is 12.3. The number of amides is 1. The lowest BCUT2D eigenvalue weighted by atomic mass is 9.45. The van der Waals surface area contributed by atoms with Crippen molar-refractivity contribution in [3.05, 3.63) is 46.0 Å². The molecule has 2 heterocycles. The number of hydrogen-bond acceptors (Lipinski definition) is 5. The van der Waals surface area contributed by atoms with E-state index < -0.39 is 6.09 Å². The summed E-state index contributed by atoms with van der Waals surface area (Å²) in [5.74, 6) is 2.29. The van der Waals surface area contributed by atoms with Gasteiger partial charge in [0.15, 0.2) is 0 Å². The highest BCUT2D eigenvalue weighted by Crippen LogP contribution is 2.67. The predicted molar refractivity (Wildman–Crippen MR) is 147 cm³/mol. The molecule has 5 aliphatic rings.